The van der Waals surface area contributed by atoms with Crippen molar-refractivity contribution in [3.05, 3.63) is 0 Å². The number of rotatable bonds is 2. The van der Waals surface area contributed by atoms with Crippen LogP contribution in [0, 0.1) is 0 Å². The van der Waals surface area contributed by atoms with Crippen LogP contribution in [0.1, 0.15) is 6.92 Å². The highest BCUT2D eigenvalue weighted by Gasteiger charge is 1.77. The fourth-order valence-electron chi connectivity index (χ4n) is 0.163. The first-order valence-corrected chi connectivity index (χ1v) is 3.50. The van der Waals surface area contributed by atoms with E-state index in [1.165, 1.54) is 0 Å². The van der Waals surface area contributed by atoms with Crippen molar-refractivity contribution in [1.29, 1.82) is 0 Å². The molecule has 0 aliphatic rings. The maximum Gasteiger partial charge on any atom is 0.0705 e. The number of hydrogen-bond acceptors (Lipinski definition) is 2. The lowest BCUT2D eigenvalue weighted by molar-refractivity contribution is 1.34. The molecule has 40 valence electrons. The molecule has 0 N–H and O–H groups in total. The minimum absolute atomic E-state index is 0.693. The Balaban J connectivity index is 3.14. The van der Waals surface area contributed by atoms with Crippen LogP contribution in [0.4, 0.5) is 0 Å². The Labute approximate surface area is 62.4 Å². The highest BCUT2D eigenvalue weighted by atomic mass is 127. The Morgan fingerprint density at radius 1 is 2.00 bits per heavy atom. The van der Waals surface area contributed by atoms with Gasteiger partial charge in [-0.2, -0.15) is 0 Å². The maximum absolute atomic E-state index is 4.74. The molecule has 0 rings (SSSR count). The third kappa shape index (κ3) is 6.49. The average Bonchev–Trinajstić information content (AvgIpc) is 1.61. The summed E-state index contributed by atoms with van der Waals surface area (Å²) in [6.45, 7) is 2.58. The molecule has 0 saturated carbocycles. The molecule has 0 amide bonds. The van der Waals surface area contributed by atoms with Crippen LogP contribution in [0.5, 0.6) is 0 Å². The van der Waals surface area contributed by atoms with Crippen molar-refractivity contribution in [3.8, 4) is 0 Å². The molecule has 0 fully saturated rings. The summed E-state index contributed by atoms with van der Waals surface area (Å²) in [5.74, 6) is 0. The van der Waals surface area contributed by atoms with E-state index in [0.29, 0.717) is 6.54 Å². The number of halogens is 1. The van der Waals surface area contributed by atoms with Crippen molar-refractivity contribution in [3.63, 3.8) is 0 Å². The Kier molecular flexibility index (Phi) is 4.97. The lowest BCUT2D eigenvalue weighted by Gasteiger charge is -1.82. The van der Waals surface area contributed by atoms with Crippen molar-refractivity contribution in [2.45, 2.75) is 6.92 Å². The van der Waals surface area contributed by atoms with Gasteiger partial charge in [-0.1, -0.05) is 12.2 Å². The SMILES string of the molecule is CC(=S)CN=CI. The largest absolute Gasteiger partial charge is 0.281 e. The summed E-state index contributed by atoms with van der Waals surface area (Å²) in [6, 6.07) is 0. The summed E-state index contributed by atoms with van der Waals surface area (Å²) in [7, 11) is 0. The van der Waals surface area contributed by atoms with Gasteiger partial charge in [0, 0.05) is 4.86 Å². The molecule has 0 aliphatic heterocycles. The van der Waals surface area contributed by atoms with Crippen molar-refractivity contribution in [2.75, 3.05) is 6.54 Å². The first-order chi connectivity index (χ1) is 3.27. The van der Waals surface area contributed by atoms with Gasteiger partial charge in [-0.15, -0.1) is 0 Å². The van der Waals surface area contributed by atoms with Gasteiger partial charge < -0.3 is 0 Å². The van der Waals surface area contributed by atoms with Gasteiger partial charge in [-0.3, -0.25) is 4.99 Å². The van der Waals surface area contributed by atoms with E-state index in [0.717, 1.165) is 4.86 Å². The van der Waals surface area contributed by atoms with E-state index in [2.05, 4.69) is 27.6 Å². The molecule has 0 bridgehead atoms. The molecule has 0 spiro atoms. The lowest BCUT2D eigenvalue weighted by atomic mass is 10.5. The minimum atomic E-state index is 0.693. The minimum Gasteiger partial charge on any atom is -0.281 e. The van der Waals surface area contributed by atoms with Crippen molar-refractivity contribution in [2.24, 2.45) is 4.99 Å². The fourth-order valence-corrected chi connectivity index (χ4v) is 0.435. The van der Waals surface area contributed by atoms with E-state index >= 15 is 0 Å². The van der Waals surface area contributed by atoms with Gasteiger partial charge >= 0.3 is 0 Å². The summed E-state index contributed by atoms with van der Waals surface area (Å²) >= 11 is 6.81. The number of thiocarbonyl (C=S) groups is 1. The molecule has 0 heterocycles. The Bertz CT molecular complexity index is 89.7. The molecule has 3 heteroatoms. The van der Waals surface area contributed by atoms with Crippen molar-refractivity contribution in [1.82, 2.24) is 0 Å². The van der Waals surface area contributed by atoms with Gasteiger partial charge in [0.25, 0.3) is 0 Å². The van der Waals surface area contributed by atoms with Gasteiger partial charge in [-0.25, -0.2) is 0 Å². The molecular weight excluding hydrogens is 221 g/mol. The van der Waals surface area contributed by atoms with Crippen LogP contribution >= 0.6 is 34.8 Å². The van der Waals surface area contributed by atoms with Crippen LogP contribution in [0.3, 0.4) is 0 Å². The maximum atomic E-state index is 4.74. The van der Waals surface area contributed by atoms with Crippen LogP contribution in [0.25, 0.3) is 0 Å². The quantitative estimate of drug-likeness (QED) is 0.398. The zero-order chi connectivity index (χ0) is 5.70. The number of nitrogens with zero attached hydrogens (tertiary/aromatic N) is 1. The van der Waals surface area contributed by atoms with Gasteiger partial charge in [0.05, 0.1) is 10.8 Å². The van der Waals surface area contributed by atoms with Crippen molar-refractivity contribution >= 4 is 43.9 Å². The second kappa shape index (κ2) is 4.64. The second-order valence-electron chi connectivity index (χ2n) is 1.14. The molecule has 0 aromatic heterocycles. The summed E-state index contributed by atoms with van der Waals surface area (Å²) in [4.78, 5) is 4.83. The molecular formula is C4H6INS. The highest BCUT2D eigenvalue weighted by Crippen LogP contribution is 1.77. The average molecular weight is 227 g/mol. The van der Waals surface area contributed by atoms with E-state index in [-0.39, 0.29) is 0 Å². The van der Waals surface area contributed by atoms with Crippen molar-refractivity contribution < 1.29 is 0 Å². The predicted molar refractivity (Wildman–Crippen MR) is 45.7 cm³/mol. The molecule has 0 saturated heterocycles. The second-order valence-corrected chi connectivity index (χ2v) is 2.39. The summed E-state index contributed by atoms with van der Waals surface area (Å²) in [5, 5.41) is 0. The Morgan fingerprint density at radius 2 is 2.57 bits per heavy atom. The molecule has 0 aromatic rings. The number of aliphatic imine (C=N–C) groups is 1. The summed E-state index contributed by atoms with van der Waals surface area (Å²) in [6.07, 6.45) is 0. The van der Waals surface area contributed by atoms with E-state index in [1.807, 2.05) is 6.92 Å². The van der Waals surface area contributed by atoms with Gasteiger partial charge in [0.1, 0.15) is 0 Å². The van der Waals surface area contributed by atoms with E-state index in [1.54, 1.807) is 4.22 Å². The van der Waals surface area contributed by atoms with Crippen LogP contribution in [-0.4, -0.2) is 15.6 Å². The van der Waals surface area contributed by atoms with Crippen LogP contribution in [0.2, 0.25) is 0 Å². The molecule has 0 aliphatic carbocycles. The highest BCUT2D eigenvalue weighted by molar-refractivity contribution is 14.1. The van der Waals surface area contributed by atoms with E-state index < -0.39 is 0 Å². The lowest BCUT2D eigenvalue weighted by Crippen LogP contribution is -1.89. The molecule has 7 heavy (non-hydrogen) atoms. The normalized spacial score (nSPS) is 10.0. The predicted octanol–water partition coefficient (Wildman–Crippen LogP) is 1.84. The van der Waals surface area contributed by atoms with Gasteiger partial charge in [0.2, 0.25) is 0 Å². The van der Waals surface area contributed by atoms with E-state index in [9.17, 15) is 0 Å². The molecule has 0 atom stereocenters. The topological polar surface area (TPSA) is 12.4 Å². The van der Waals surface area contributed by atoms with Crippen LogP contribution in [0.15, 0.2) is 4.99 Å². The Morgan fingerprint density at radius 3 is 2.71 bits per heavy atom. The zero-order valence-corrected chi connectivity index (χ0v) is 6.99. The summed E-state index contributed by atoms with van der Waals surface area (Å²) < 4.78 is 1.73. The molecule has 0 aromatic carbocycles. The summed E-state index contributed by atoms with van der Waals surface area (Å²) in [5.41, 5.74) is 0. The third-order valence-electron chi connectivity index (χ3n) is 0.383. The van der Waals surface area contributed by atoms with Gasteiger partial charge in [-0.05, 0) is 29.5 Å². The van der Waals surface area contributed by atoms with Crippen LogP contribution < -0.4 is 0 Å². The Hall–Kier alpha value is 0.490. The first-order valence-electron chi connectivity index (χ1n) is 1.85. The smallest absolute Gasteiger partial charge is 0.0705 e. The number of hydrogen-bond donors (Lipinski definition) is 0. The monoisotopic (exact) mass is 227 g/mol. The fraction of sp³-hybridized carbons (Fsp3) is 0.500. The van der Waals surface area contributed by atoms with Gasteiger partial charge in [0.15, 0.2) is 0 Å². The standard InChI is InChI=1S/C4H6INS/c1-4(7)2-6-3-5/h3H,2H2,1H3. The van der Waals surface area contributed by atoms with Crippen LogP contribution in [-0.2, 0) is 0 Å². The molecule has 0 unspecified atom stereocenters. The first kappa shape index (κ1) is 7.49. The molecule has 0 radical (unpaired) electrons. The third-order valence-corrected chi connectivity index (χ3v) is 0.906. The molecule has 1 nitrogen and oxygen atoms in total. The zero-order valence-electron chi connectivity index (χ0n) is 4.02. The van der Waals surface area contributed by atoms with E-state index in [4.69, 9.17) is 12.2 Å².